The number of aromatic carboxylic acids is 1. The third-order valence-corrected chi connectivity index (χ3v) is 2.84. The van der Waals surface area contributed by atoms with Crippen molar-refractivity contribution in [3.05, 3.63) is 29.8 Å². The molecule has 0 unspecified atom stereocenters. The predicted octanol–water partition coefficient (Wildman–Crippen LogP) is 0.138. The lowest BCUT2D eigenvalue weighted by molar-refractivity contribution is -0.255. The molecule has 0 saturated heterocycles. The van der Waals surface area contributed by atoms with Gasteiger partial charge in [-0.25, -0.2) is 0 Å². The number of hydrogen-bond donors (Lipinski definition) is 0. The fourth-order valence-electron chi connectivity index (χ4n) is 1.32. The first kappa shape index (κ1) is 11.6. The van der Waals surface area contributed by atoms with Gasteiger partial charge in [0.05, 0.1) is 11.7 Å². The summed E-state index contributed by atoms with van der Waals surface area (Å²) >= 11 is 1.48. The summed E-state index contributed by atoms with van der Waals surface area (Å²) < 4.78 is 1.50. The van der Waals surface area contributed by atoms with Gasteiger partial charge in [-0.3, -0.25) is 0 Å². The zero-order valence-corrected chi connectivity index (χ0v) is 9.85. The number of tetrazole rings is 1. The van der Waals surface area contributed by atoms with Crippen LogP contribution in [0.15, 0.2) is 29.4 Å². The van der Waals surface area contributed by atoms with E-state index in [1.54, 1.807) is 12.1 Å². The topological polar surface area (TPSA) is 83.7 Å². The molecule has 0 aliphatic carbocycles. The Balaban J connectivity index is 2.42. The summed E-state index contributed by atoms with van der Waals surface area (Å²) in [5.41, 5.74) is 0.707. The highest BCUT2D eigenvalue weighted by molar-refractivity contribution is 7.99. The number of carboxylic acids is 1. The van der Waals surface area contributed by atoms with Gasteiger partial charge in [-0.2, -0.15) is 4.68 Å². The first-order chi connectivity index (χ1) is 8.22. The molecule has 0 bridgehead atoms. The molecule has 1 aromatic heterocycles. The maximum atomic E-state index is 10.8. The second-order valence-electron chi connectivity index (χ2n) is 3.14. The lowest BCUT2D eigenvalue weighted by Crippen LogP contribution is -2.22. The fraction of sp³-hybridized carbons (Fsp3) is 0.200. The maximum Gasteiger partial charge on any atom is 0.214 e. The van der Waals surface area contributed by atoms with Gasteiger partial charge in [0.2, 0.25) is 5.16 Å². The van der Waals surface area contributed by atoms with Gasteiger partial charge in [0.15, 0.2) is 0 Å². The van der Waals surface area contributed by atoms with Crippen LogP contribution in [-0.4, -0.2) is 31.9 Å². The first-order valence-corrected chi connectivity index (χ1v) is 5.94. The molecule has 0 atom stereocenters. The highest BCUT2D eigenvalue weighted by atomic mass is 32.2. The van der Waals surface area contributed by atoms with Crippen LogP contribution in [0.25, 0.3) is 5.69 Å². The zero-order valence-electron chi connectivity index (χ0n) is 9.03. The smallest absolute Gasteiger partial charge is 0.214 e. The molecule has 7 heteroatoms. The SMILES string of the molecule is CCSc1nnnn1-c1cccc(C(=O)[O-])c1. The molecule has 0 fully saturated rings. The van der Waals surface area contributed by atoms with E-state index < -0.39 is 5.97 Å². The minimum atomic E-state index is -1.22. The lowest BCUT2D eigenvalue weighted by atomic mass is 10.2. The summed E-state index contributed by atoms with van der Waals surface area (Å²) in [6.45, 7) is 1.99. The van der Waals surface area contributed by atoms with E-state index in [1.807, 2.05) is 6.92 Å². The van der Waals surface area contributed by atoms with Gasteiger partial charge in [-0.1, -0.05) is 30.8 Å². The Hall–Kier alpha value is -1.89. The van der Waals surface area contributed by atoms with Crippen LogP contribution in [0.4, 0.5) is 0 Å². The maximum absolute atomic E-state index is 10.8. The summed E-state index contributed by atoms with van der Waals surface area (Å²) in [7, 11) is 0. The Morgan fingerprint density at radius 3 is 3.06 bits per heavy atom. The average molecular weight is 249 g/mol. The Bertz CT molecular complexity index is 541. The Kier molecular flexibility index (Phi) is 3.38. The number of carbonyl (C=O) groups excluding carboxylic acids is 1. The number of rotatable bonds is 4. The van der Waals surface area contributed by atoms with Crippen LogP contribution in [0.2, 0.25) is 0 Å². The van der Waals surface area contributed by atoms with E-state index in [4.69, 9.17) is 0 Å². The van der Waals surface area contributed by atoms with Gasteiger partial charge >= 0.3 is 0 Å². The lowest BCUT2D eigenvalue weighted by Gasteiger charge is -2.06. The molecule has 1 heterocycles. The zero-order chi connectivity index (χ0) is 12.3. The van der Waals surface area contributed by atoms with E-state index in [1.165, 1.54) is 28.6 Å². The molecule has 2 aromatic rings. The van der Waals surface area contributed by atoms with Crippen LogP contribution >= 0.6 is 11.8 Å². The Morgan fingerprint density at radius 2 is 2.35 bits per heavy atom. The van der Waals surface area contributed by atoms with E-state index in [-0.39, 0.29) is 5.56 Å². The standard InChI is InChI=1S/C10H10N4O2S/c1-2-17-10-11-12-13-14(10)8-5-3-4-7(6-8)9(15)16/h3-6H,2H2,1H3,(H,15,16)/p-1. The Morgan fingerprint density at radius 1 is 1.53 bits per heavy atom. The normalized spacial score (nSPS) is 10.4. The van der Waals surface area contributed by atoms with Crippen molar-refractivity contribution in [1.29, 1.82) is 0 Å². The van der Waals surface area contributed by atoms with Crippen molar-refractivity contribution in [2.24, 2.45) is 0 Å². The molecule has 1 aromatic carbocycles. The van der Waals surface area contributed by atoms with Crippen molar-refractivity contribution in [3.8, 4) is 5.69 Å². The second kappa shape index (κ2) is 4.96. The van der Waals surface area contributed by atoms with Gasteiger partial charge in [0, 0.05) is 0 Å². The number of hydrogen-bond acceptors (Lipinski definition) is 6. The summed E-state index contributed by atoms with van der Waals surface area (Å²) in [6, 6.07) is 6.31. The first-order valence-electron chi connectivity index (χ1n) is 4.95. The van der Waals surface area contributed by atoms with Crippen molar-refractivity contribution in [2.45, 2.75) is 12.1 Å². The number of aromatic nitrogens is 4. The summed E-state index contributed by atoms with van der Waals surface area (Å²) in [6.07, 6.45) is 0. The second-order valence-corrected chi connectivity index (χ2v) is 4.38. The van der Waals surface area contributed by atoms with Gasteiger partial charge < -0.3 is 9.90 Å². The molecule has 17 heavy (non-hydrogen) atoms. The van der Waals surface area contributed by atoms with Crippen molar-refractivity contribution in [1.82, 2.24) is 20.2 Å². The number of benzene rings is 1. The van der Waals surface area contributed by atoms with E-state index in [0.29, 0.717) is 10.8 Å². The van der Waals surface area contributed by atoms with Crippen LogP contribution in [-0.2, 0) is 0 Å². The van der Waals surface area contributed by atoms with E-state index >= 15 is 0 Å². The van der Waals surface area contributed by atoms with E-state index in [9.17, 15) is 9.90 Å². The monoisotopic (exact) mass is 249 g/mol. The molecule has 0 amide bonds. The van der Waals surface area contributed by atoms with Crippen molar-refractivity contribution < 1.29 is 9.90 Å². The molecule has 0 saturated carbocycles. The van der Waals surface area contributed by atoms with Crippen LogP contribution < -0.4 is 5.11 Å². The molecule has 0 radical (unpaired) electrons. The van der Waals surface area contributed by atoms with E-state index in [2.05, 4.69) is 15.5 Å². The molecule has 2 rings (SSSR count). The van der Waals surface area contributed by atoms with Crippen LogP contribution in [0.1, 0.15) is 17.3 Å². The molecule has 0 aliphatic rings. The largest absolute Gasteiger partial charge is 0.545 e. The highest BCUT2D eigenvalue weighted by Crippen LogP contribution is 2.18. The quantitative estimate of drug-likeness (QED) is 0.716. The number of nitrogens with zero attached hydrogens (tertiary/aromatic N) is 4. The van der Waals surface area contributed by atoms with Gasteiger partial charge in [-0.05, 0) is 33.9 Å². The summed E-state index contributed by atoms with van der Waals surface area (Å²) in [4.78, 5) is 10.8. The minimum Gasteiger partial charge on any atom is -0.545 e. The van der Waals surface area contributed by atoms with Gasteiger partial charge in [0.25, 0.3) is 0 Å². The van der Waals surface area contributed by atoms with Crippen molar-refractivity contribution in [2.75, 3.05) is 5.75 Å². The number of thioether (sulfide) groups is 1. The summed E-state index contributed by atoms with van der Waals surface area (Å²) in [5, 5.41) is 22.6. The Labute approximate surface area is 102 Å². The number of carboxylic acid groups (broad SMARTS) is 1. The predicted molar refractivity (Wildman–Crippen MR) is 59.9 cm³/mol. The van der Waals surface area contributed by atoms with Gasteiger partial charge in [0.1, 0.15) is 0 Å². The number of carbonyl (C=O) groups is 1. The third-order valence-electron chi connectivity index (χ3n) is 2.04. The van der Waals surface area contributed by atoms with Crippen LogP contribution in [0.3, 0.4) is 0 Å². The highest BCUT2D eigenvalue weighted by Gasteiger charge is 2.08. The molecule has 0 spiro atoms. The van der Waals surface area contributed by atoms with Gasteiger partial charge in [-0.15, -0.1) is 5.10 Å². The molecule has 0 aliphatic heterocycles. The van der Waals surface area contributed by atoms with E-state index in [0.717, 1.165) is 5.75 Å². The molecular formula is C10H9N4O2S-. The minimum absolute atomic E-state index is 0.102. The summed E-state index contributed by atoms with van der Waals surface area (Å²) in [5.74, 6) is -0.384. The third kappa shape index (κ3) is 2.44. The van der Waals surface area contributed by atoms with Crippen LogP contribution in [0.5, 0.6) is 0 Å². The van der Waals surface area contributed by atoms with Crippen molar-refractivity contribution in [3.63, 3.8) is 0 Å². The average Bonchev–Trinajstić information content (AvgIpc) is 2.78. The molecule has 88 valence electrons. The van der Waals surface area contributed by atoms with Crippen molar-refractivity contribution >= 4 is 17.7 Å². The molecule has 6 nitrogen and oxygen atoms in total. The van der Waals surface area contributed by atoms with Crippen LogP contribution in [0, 0.1) is 0 Å². The molecule has 0 N–H and O–H groups in total. The fourth-order valence-corrected chi connectivity index (χ4v) is 1.94. The molecular weight excluding hydrogens is 240 g/mol.